The Hall–Kier alpha value is -6.26. The first-order valence-electron chi connectivity index (χ1n) is 22.7. The molecule has 7 amide bonds. The van der Waals surface area contributed by atoms with Gasteiger partial charge in [-0.3, -0.25) is 33.6 Å². The Balaban J connectivity index is 1.75. The van der Waals surface area contributed by atoms with E-state index in [1.54, 1.807) is 36.5 Å². The Morgan fingerprint density at radius 1 is 0.776 bits per heavy atom. The molecule has 2 heterocycles. The van der Waals surface area contributed by atoms with Gasteiger partial charge in [0.25, 0.3) is 0 Å². The second-order valence-electron chi connectivity index (χ2n) is 17.4. The van der Waals surface area contributed by atoms with E-state index in [1.165, 1.54) is 6.92 Å². The number of rotatable bonds is 15. The third kappa shape index (κ3) is 16.0. The van der Waals surface area contributed by atoms with Gasteiger partial charge in [0.1, 0.15) is 42.0 Å². The van der Waals surface area contributed by atoms with Crippen molar-refractivity contribution in [3.05, 3.63) is 71.9 Å². The molecular weight excluding hydrogens is 865 g/mol. The van der Waals surface area contributed by atoms with Crippen LogP contribution in [-0.4, -0.2) is 138 Å². The minimum absolute atomic E-state index is 0.00619. The highest BCUT2D eigenvalue weighted by Gasteiger charge is 2.38. The number of aldehydes is 1. The van der Waals surface area contributed by atoms with Crippen LogP contribution in [0.25, 0.3) is 10.9 Å². The van der Waals surface area contributed by atoms with Crippen molar-refractivity contribution in [3.8, 4) is 0 Å². The average Bonchev–Trinajstić information content (AvgIpc) is 3.70. The molecule has 0 unspecified atom stereocenters. The van der Waals surface area contributed by atoms with E-state index in [0.29, 0.717) is 17.4 Å². The maximum absolute atomic E-state index is 14.3. The van der Waals surface area contributed by atoms with Crippen LogP contribution in [0, 0.1) is 5.92 Å². The summed E-state index contributed by atoms with van der Waals surface area (Å²) in [6.45, 7) is 4.21. The number of amides is 7. The third-order valence-electron chi connectivity index (χ3n) is 11.4. The molecule has 16 N–H and O–H groups in total. The van der Waals surface area contributed by atoms with Crippen molar-refractivity contribution in [1.29, 1.82) is 0 Å². The van der Waals surface area contributed by atoms with Crippen molar-refractivity contribution < 1.29 is 43.5 Å². The Morgan fingerprint density at radius 2 is 1.40 bits per heavy atom. The molecule has 1 aromatic heterocycles. The molecule has 2 aromatic carbocycles. The predicted molar refractivity (Wildman–Crippen MR) is 250 cm³/mol. The highest BCUT2D eigenvalue weighted by molar-refractivity contribution is 5.97. The second-order valence-corrected chi connectivity index (χ2v) is 17.4. The van der Waals surface area contributed by atoms with Crippen LogP contribution in [-0.2, 0) is 51.2 Å². The minimum atomic E-state index is -1.69. The molecule has 67 heavy (non-hydrogen) atoms. The number of H-pyrrole nitrogens is 1. The average molecular weight is 933 g/mol. The summed E-state index contributed by atoms with van der Waals surface area (Å²) in [7, 11) is 0. The number of aromatic amines is 1. The number of fused-ring (bicyclic) bond motifs is 1. The van der Waals surface area contributed by atoms with Crippen LogP contribution in [0.5, 0.6) is 0 Å². The maximum Gasteiger partial charge on any atom is 0.245 e. The van der Waals surface area contributed by atoms with Crippen molar-refractivity contribution in [1.82, 2.24) is 47.5 Å². The van der Waals surface area contributed by atoms with E-state index in [4.69, 9.17) is 17.2 Å². The molecule has 4 rings (SSSR count). The lowest BCUT2D eigenvalue weighted by Gasteiger charge is -2.34. The Morgan fingerprint density at radius 3 is 2.06 bits per heavy atom. The number of carbonyl (C=O) groups is 8. The van der Waals surface area contributed by atoms with E-state index in [9.17, 15) is 43.5 Å². The van der Waals surface area contributed by atoms with Crippen LogP contribution in [0.2, 0.25) is 0 Å². The molecule has 3 aromatic rings. The Bertz CT molecular complexity index is 2150. The SMILES string of the molecule is CC(C)C[C@@H]1NC(=O)[C@@H](Cc2ccccc2)NC(=O)[C@H](CCN)NC(=O)[C@@H](NC(=O)Cc2c[nH]c3ccccc23)CCNC(=O)[C@H]([C@@H](C)O)NC(=O)[C@H](CCN)NC[C@](C=O)(CCN)NC1=O. The first kappa shape index (κ1) is 53.4. The maximum atomic E-state index is 14.3. The van der Waals surface area contributed by atoms with Gasteiger partial charge in [-0.1, -0.05) is 62.4 Å². The molecule has 1 aliphatic heterocycles. The Labute approximate surface area is 390 Å². The number of hydrogen-bond acceptors (Lipinski definition) is 13. The summed E-state index contributed by atoms with van der Waals surface area (Å²) in [6.07, 6.45) is 0.315. The van der Waals surface area contributed by atoms with Crippen LogP contribution in [0.4, 0.5) is 0 Å². The van der Waals surface area contributed by atoms with Gasteiger partial charge in [-0.05, 0) is 81.8 Å². The molecule has 1 aliphatic rings. The van der Waals surface area contributed by atoms with Crippen LogP contribution in [0.1, 0.15) is 64.0 Å². The van der Waals surface area contributed by atoms with Crippen molar-refractivity contribution in [3.63, 3.8) is 0 Å². The van der Waals surface area contributed by atoms with Gasteiger partial charge in [-0.15, -0.1) is 0 Å². The molecule has 366 valence electrons. The zero-order valence-electron chi connectivity index (χ0n) is 38.4. The highest BCUT2D eigenvalue weighted by Crippen LogP contribution is 2.18. The quantitative estimate of drug-likeness (QED) is 0.0696. The molecular formula is C46H68N12O9. The normalized spacial score (nSPS) is 24.9. The van der Waals surface area contributed by atoms with E-state index in [0.717, 1.165) is 10.9 Å². The van der Waals surface area contributed by atoms with E-state index < -0.39 is 89.2 Å². The monoisotopic (exact) mass is 933 g/mol. The highest BCUT2D eigenvalue weighted by atomic mass is 16.3. The zero-order valence-corrected chi connectivity index (χ0v) is 38.4. The van der Waals surface area contributed by atoms with Gasteiger partial charge < -0.3 is 74.6 Å². The summed E-state index contributed by atoms with van der Waals surface area (Å²) in [4.78, 5) is 114. The molecule has 21 heteroatoms. The third-order valence-corrected chi connectivity index (χ3v) is 11.4. The predicted octanol–water partition coefficient (Wildman–Crippen LogP) is -2.62. The number of para-hydroxylation sites is 1. The van der Waals surface area contributed by atoms with Gasteiger partial charge in [-0.25, -0.2) is 0 Å². The fraction of sp³-hybridized carbons (Fsp3) is 0.522. The van der Waals surface area contributed by atoms with Gasteiger partial charge in [0, 0.05) is 36.6 Å². The van der Waals surface area contributed by atoms with Gasteiger partial charge in [0.05, 0.1) is 18.6 Å². The van der Waals surface area contributed by atoms with E-state index in [1.807, 2.05) is 38.1 Å². The molecule has 0 radical (unpaired) electrons. The largest absolute Gasteiger partial charge is 0.391 e. The topological polar surface area (TPSA) is 347 Å². The lowest BCUT2D eigenvalue weighted by atomic mass is 9.94. The first-order valence-corrected chi connectivity index (χ1v) is 22.7. The summed E-state index contributed by atoms with van der Waals surface area (Å²) in [5, 5.41) is 33.2. The summed E-state index contributed by atoms with van der Waals surface area (Å²) >= 11 is 0. The summed E-state index contributed by atoms with van der Waals surface area (Å²) in [5.41, 5.74) is 18.2. The molecule has 0 saturated carbocycles. The van der Waals surface area contributed by atoms with E-state index in [-0.39, 0.29) is 83.6 Å². The standard InChI is InChI=1S/C46H68N12O9/c1-27(2)21-36-44(66)58-46(26-59,16-19-49)25-52-33(13-17-47)40(62)57-39(28(3)60)45(67)50-20-15-35(53-38(61)23-30-24-51-32-12-8-7-11-31(30)32)42(64)54-34(14-18-48)41(63)56-37(43(65)55-36)22-29-9-5-4-6-10-29/h4-12,24,26-28,33-37,39,51-52,60H,13-23,25,47-49H2,1-3H3,(H,50,67)(H,53,61)(H,54,64)(H,55,65)(H,56,63)(H,57,62)(H,58,66)/t28-,33+,34+,35+,36+,37-,39+,46+/m1/s1. The van der Waals surface area contributed by atoms with Gasteiger partial charge in [-0.2, -0.15) is 0 Å². The van der Waals surface area contributed by atoms with Crippen molar-refractivity contribution in [2.24, 2.45) is 23.1 Å². The molecule has 0 aliphatic carbocycles. The summed E-state index contributed by atoms with van der Waals surface area (Å²) < 4.78 is 0. The van der Waals surface area contributed by atoms with Crippen molar-refractivity contribution >= 4 is 58.5 Å². The number of nitrogens with two attached hydrogens (primary N) is 3. The molecule has 1 saturated heterocycles. The minimum Gasteiger partial charge on any atom is -0.391 e. The number of carbonyl (C=O) groups excluding carboxylic acids is 8. The summed E-state index contributed by atoms with van der Waals surface area (Å²) in [5.74, 6) is -5.37. The number of aromatic nitrogens is 1. The Kier molecular flexibility index (Phi) is 20.8. The molecule has 0 bridgehead atoms. The lowest BCUT2D eigenvalue weighted by Crippen LogP contribution is -2.64. The summed E-state index contributed by atoms with van der Waals surface area (Å²) in [6, 6.07) is 8.32. The lowest BCUT2D eigenvalue weighted by molar-refractivity contribution is -0.135. The molecule has 21 nitrogen and oxygen atoms in total. The number of benzene rings is 2. The second kappa shape index (κ2) is 26.2. The van der Waals surface area contributed by atoms with Crippen LogP contribution < -0.4 is 59.7 Å². The van der Waals surface area contributed by atoms with E-state index in [2.05, 4.69) is 47.5 Å². The smallest absolute Gasteiger partial charge is 0.245 e. The fourth-order valence-corrected chi connectivity index (χ4v) is 7.80. The number of hydrogen-bond donors (Lipinski definition) is 13. The zero-order chi connectivity index (χ0) is 49.1. The van der Waals surface area contributed by atoms with E-state index >= 15 is 0 Å². The van der Waals surface area contributed by atoms with Crippen molar-refractivity contribution in [2.45, 2.75) is 114 Å². The van der Waals surface area contributed by atoms with Gasteiger partial charge >= 0.3 is 0 Å². The molecule has 0 spiro atoms. The molecule has 1 fully saturated rings. The van der Waals surface area contributed by atoms with Crippen molar-refractivity contribution in [2.75, 3.05) is 32.7 Å². The number of aliphatic hydroxyl groups is 1. The van der Waals surface area contributed by atoms with Crippen LogP contribution >= 0.6 is 0 Å². The number of aliphatic hydroxyl groups excluding tert-OH is 1. The fourth-order valence-electron chi connectivity index (χ4n) is 7.80. The molecule has 8 atom stereocenters. The van der Waals surface area contributed by atoms with Crippen LogP contribution in [0.15, 0.2) is 60.8 Å². The van der Waals surface area contributed by atoms with Crippen LogP contribution in [0.3, 0.4) is 0 Å². The van der Waals surface area contributed by atoms with Gasteiger partial charge in [0.2, 0.25) is 41.4 Å². The number of nitrogens with one attached hydrogen (secondary N) is 9. The first-order chi connectivity index (χ1) is 32.0. The van der Waals surface area contributed by atoms with Gasteiger partial charge in [0.15, 0.2) is 0 Å².